The standard InChI is InChI=1S/C16H27N3O5/c1-14(2,3)23-12(20)17-8-16-9-19(7-11(16)18-22-10-16)13(21)24-15(4,5)6/h7-10H2,1-6H3,(H,17,20). The maximum Gasteiger partial charge on any atom is 0.410 e. The normalized spacial score (nSPS) is 23.2. The first-order chi connectivity index (χ1) is 10.9. The van der Waals surface area contributed by atoms with Gasteiger partial charge in [0.15, 0.2) is 0 Å². The molecule has 2 aliphatic rings. The van der Waals surface area contributed by atoms with E-state index in [9.17, 15) is 9.59 Å². The molecule has 2 amide bonds. The molecule has 0 bridgehead atoms. The summed E-state index contributed by atoms with van der Waals surface area (Å²) < 4.78 is 10.6. The molecular weight excluding hydrogens is 314 g/mol. The first-order valence-corrected chi connectivity index (χ1v) is 8.04. The third-order valence-electron chi connectivity index (χ3n) is 3.58. The molecule has 0 saturated carbocycles. The average molecular weight is 341 g/mol. The van der Waals surface area contributed by atoms with Crippen LogP contribution in [0.3, 0.4) is 0 Å². The van der Waals surface area contributed by atoms with Gasteiger partial charge in [0, 0.05) is 13.1 Å². The van der Waals surface area contributed by atoms with E-state index in [0.717, 1.165) is 5.71 Å². The van der Waals surface area contributed by atoms with Crippen molar-refractivity contribution in [2.45, 2.75) is 52.7 Å². The minimum absolute atomic E-state index is 0.292. The van der Waals surface area contributed by atoms with Crippen molar-refractivity contribution in [3.63, 3.8) is 0 Å². The number of oxime groups is 1. The Balaban J connectivity index is 1.98. The van der Waals surface area contributed by atoms with E-state index in [1.807, 2.05) is 20.8 Å². The molecule has 0 aromatic rings. The molecule has 0 aromatic carbocycles. The quantitative estimate of drug-likeness (QED) is 0.831. The maximum atomic E-state index is 12.3. The Morgan fingerprint density at radius 1 is 1.21 bits per heavy atom. The van der Waals surface area contributed by atoms with E-state index >= 15 is 0 Å². The molecule has 0 aliphatic carbocycles. The van der Waals surface area contributed by atoms with Crippen molar-refractivity contribution in [2.75, 3.05) is 26.2 Å². The number of hydrogen-bond donors (Lipinski definition) is 1. The van der Waals surface area contributed by atoms with Crippen LogP contribution in [0.25, 0.3) is 0 Å². The highest BCUT2D eigenvalue weighted by atomic mass is 16.6. The van der Waals surface area contributed by atoms with Gasteiger partial charge in [0.1, 0.15) is 17.8 Å². The van der Waals surface area contributed by atoms with Crippen LogP contribution in [0.5, 0.6) is 0 Å². The smallest absolute Gasteiger partial charge is 0.410 e. The second kappa shape index (κ2) is 6.14. The summed E-state index contributed by atoms with van der Waals surface area (Å²) in [6, 6.07) is 0. The Morgan fingerprint density at radius 2 is 1.83 bits per heavy atom. The minimum atomic E-state index is -0.566. The molecule has 2 heterocycles. The van der Waals surface area contributed by atoms with Crippen molar-refractivity contribution in [3.05, 3.63) is 0 Å². The molecule has 136 valence electrons. The van der Waals surface area contributed by atoms with Crippen LogP contribution in [0.4, 0.5) is 9.59 Å². The van der Waals surface area contributed by atoms with Gasteiger partial charge >= 0.3 is 12.2 Å². The number of carbonyl (C=O) groups is 2. The van der Waals surface area contributed by atoms with E-state index in [-0.39, 0.29) is 0 Å². The van der Waals surface area contributed by atoms with Crippen molar-refractivity contribution >= 4 is 17.9 Å². The highest BCUT2D eigenvalue weighted by Crippen LogP contribution is 2.33. The second-order valence-electron chi connectivity index (χ2n) is 8.28. The Labute approximate surface area is 142 Å². The number of carbonyl (C=O) groups excluding carboxylic acids is 2. The summed E-state index contributed by atoms with van der Waals surface area (Å²) in [6.07, 6.45) is -0.893. The van der Waals surface area contributed by atoms with Crippen LogP contribution in [-0.4, -0.2) is 60.2 Å². The lowest BCUT2D eigenvalue weighted by Crippen LogP contribution is -2.46. The van der Waals surface area contributed by atoms with Crippen LogP contribution >= 0.6 is 0 Å². The van der Waals surface area contributed by atoms with Crippen LogP contribution in [0, 0.1) is 5.41 Å². The van der Waals surface area contributed by atoms with E-state index in [0.29, 0.717) is 26.2 Å². The molecule has 1 atom stereocenters. The number of fused-ring (bicyclic) bond motifs is 1. The molecule has 8 heteroatoms. The number of hydrogen-bond acceptors (Lipinski definition) is 6. The van der Waals surface area contributed by atoms with Gasteiger partial charge < -0.3 is 24.5 Å². The molecule has 1 saturated heterocycles. The summed E-state index contributed by atoms with van der Waals surface area (Å²) in [5.41, 5.74) is -0.907. The van der Waals surface area contributed by atoms with Crippen LogP contribution < -0.4 is 5.32 Å². The van der Waals surface area contributed by atoms with E-state index in [2.05, 4.69) is 10.5 Å². The van der Waals surface area contributed by atoms with Gasteiger partial charge in [0.25, 0.3) is 0 Å². The Hall–Kier alpha value is -1.99. The molecule has 1 unspecified atom stereocenters. The summed E-state index contributed by atoms with van der Waals surface area (Å²) in [5.74, 6) is 0. The number of likely N-dealkylation sites (tertiary alicyclic amines) is 1. The molecule has 2 rings (SSSR count). The lowest BCUT2D eigenvalue weighted by molar-refractivity contribution is 0.0226. The monoisotopic (exact) mass is 341 g/mol. The highest BCUT2D eigenvalue weighted by Gasteiger charge is 2.51. The molecule has 2 aliphatic heterocycles. The predicted molar refractivity (Wildman–Crippen MR) is 87.9 cm³/mol. The van der Waals surface area contributed by atoms with Gasteiger partial charge in [-0.05, 0) is 41.5 Å². The fourth-order valence-corrected chi connectivity index (χ4v) is 2.57. The molecular formula is C16H27N3O5. The van der Waals surface area contributed by atoms with Crippen LogP contribution in [0.15, 0.2) is 5.16 Å². The minimum Gasteiger partial charge on any atom is -0.444 e. The van der Waals surface area contributed by atoms with Crippen LogP contribution in [0.1, 0.15) is 41.5 Å². The van der Waals surface area contributed by atoms with Gasteiger partial charge in [0.2, 0.25) is 0 Å². The van der Waals surface area contributed by atoms with E-state index < -0.39 is 28.8 Å². The summed E-state index contributed by atoms with van der Waals surface area (Å²) in [4.78, 5) is 30.9. The van der Waals surface area contributed by atoms with Crippen molar-refractivity contribution in [3.8, 4) is 0 Å². The second-order valence-corrected chi connectivity index (χ2v) is 8.28. The molecule has 0 spiro atoms. The van der Waals surface area contributed by atoms with Crippen molar-refractivity contribution in [1.29, 1.82) is 0 Å². The molecule has 0 radical (unpaired) electrons. The van der Waals surface area contributed by atoms with Gasteiger partial charge in [-0.1, -0.05) is 5.16 Å². The number of ether oxygens (including phenoxy) is 2. The van der Waals surface area contributed by atoms with Gasteiger partial charge in [-0.2, -0.15) is 0 Å². The first kappa shape index (κ1) is 18.4. The zero-order chi connectivity index (χ0) is 18.2. The highest BCUT2D eigenvalue weighted by molar-refractivity contribution is 5.98. The van der Waals surface area contributed by atoms with Crippen molar-refractivity contribution in [1.82, 2.24) is 10.2 Å². The summed E-state index contributed by atoms with van der Waals surface area (Å²) in [7, 11) is 0. The van der Waals surface area contributed by atoms with E-state index in [1.165, 1.54) is 0 Å². The van der Waals surface area contributed by atoms with Gasteiger partial charge in [-0.3, -0.25) is 0 Å². The lowest BCUT2D eigenvalue weighted by atomic mass is 9.87. The SMILES string of the molecule is CC(C)(C)OC(=O)NCC12CON=C1CN(C(=O)OC(C)(C)C)C2. The summed E-state index contributed by atoms with van der Waals surface area (Å²) >= 11 is 0. The first-order valence-electron chi connectivity index (χ1n) is 8.04. The van der Waals surface area contributed by atoms with Gasteiger partial charge in [0.05, 0.1) is 17.7 Å². The zero-order valence-electron chi connectivity index (χ0n) is 15.3. The number of nitrogens with zero attached hydrogens (tertiary/aromatic N) is 2. The largest absolute Gasteiger partial charge is 0.444 e. The van der Waals surface area contributed by atoms with Gasteiger partial charge in [-0.25, -0.2) is 9.59 Å². The number of amides is 2. The Kier molecular flexibility index (Phi) is 4.70. The topological polar surface area (TPSA) is 89.5 Å². The zero-order valence-corrected chi connectivity index (χ0v) is 15.3. The van der Waals surface area contributed by atoms with Crippen molar-refractivity contribution in [2.24, 2.45) is 10.6 Å². The van der Waals surface area contributed by atoms with E-state index in [1.54, 1.807) is 25.7 Å². The molecule has 8 nitrogen and oxygen atoms in total. The van der Waals surface area contributed by atoms with Crippen molar-refractivity contribution < 1.29 is 23.9 Å². The molecule has 1 N–H and O–H groups in total. The number of alkyl carbamates (subject to hydrolysis) is 1. The third kappa shape index (κ3) is 4.52. The molecule has 24 heavy (non-hydrogen) atoms. The van der Waals surface area contributed by atoms with Crippen LogP contribution in [-0.2, 0) is 14.3 Å². The summed E-state index contributed by atoms with van der Waals surface area (Å²) in [6.45, 7) is 12.2. The third-order valence-corrected chi connectivity index (χ3v) is 3.58. The number of rotatable bonds is 2. The van der Waals surface area contributed by atoms with Gasteiger partial charge in [-0.15, -0.1) is 0 Å². The maximum absolute atomic E-state index is 12.3. The fraction of sp³-hybridized carbons (Fsp3) is 0.812. The predicted octanol–water partition coefficient (Wildman–Crippen LogP) is 2.13. The lowest BCUT2D eigenvalue weighted by Gasteiger charge is -2.27. The Bertz CT molecular complexity index is 547. The molecule has 0 aromatic heterocycles. The average Bonchev–Trinajstić information content (AvgIpc) is 2.88. The van der Waals surface area contributed by atoms with Crippen LogP contribution in [0.2, 0.25) is 0 Å². The number of nitrogens with one attached hydrogen (secondary N) is 1. The molecule has 1 fully saturated rings. The summed E-state index contributed by atoms with van der Waals surface area (Å²) in [5, 5.41) is 6.78. The van der Waals surface area contributed by atoms with E-state index in [4.69, 9.17) is 14.3 Å². The Morgan fingerprint density at radius 3 is 2.42 bits per heavy atom. The fourth-order valence-electron chi connectivity index (χ4n) is 2.57.